The fourth-order valence-electron chi connectivity index (χ4n) is 2.15. The van der Waals surface area contributed by atoms with E-state index >= 15 is 0 Å². The van der Waals surface area contributed by atoms with Gasteiger partial charge in [0.25, 0.3) is 0 Å². The highest BCUT2D eigenvalue weighted by molar-refractivity contribution is 5.90. The number of ether oxygens (including phenoxy) is 3. The predicted molar refractivity (Wildman–Crippen MR) is 93.2 cm³/mol. The number of amides is 2. The Labute approximate surface area is 146 Å². The van der Waals surface area contributed by atoms with Crippen LogP contribution < -0.4 is 24.8 Å². The summed E-state index contributed by atoms with van der Waals surface area (Å²) in [5.74, 6) is 1.59. The summed E-state index contributed by atoms with van der Waals surface area (Å²) in [7, 11) is 3.08. The molecule has 0 fully saturated rings. The largest absolute Gasteiger partial charge is 0.493 e. The van der Waals surface area contributed by atoms with Gasteiger partial charge >= 0.3 is 6.03 Å². The van der Waals surface area contributed by atoms with Crippen LogP contribution in [0.1, 0.15) is 5.56 Å². The topological polar surface area (TPSA) is 92.6 Å². The summed E-state index contributed by atoms with van der Waals surface area (Å²) in [6, 6.07) is 13.7. The molecule has 2 N–H and O–H groups in total. The number of anilines is 1. The summed E-state index contributed by atoms with van der Waals surface area (Å²) in [6.07, 6.45) is 0. The monoisotopic (exact) mass is 341 g/mol. The standard InChI is InChI=1S/C18H19N3O4/c1-23-15-8-5-9-16(17(15)24-2)25-11-10-20-18(22)21-14-7-4-3-6-13(14)12-19/h3-9H,10-11H2,1-2H3,(H2,20,21,22). The Kier molecular flexibility index (Phi) is 6.48. The molecule has 0 radical (unpaired) electrons. The molecule has 0 saturated heterocycles. The molecule has 0 unspecified atom stereocenters. The number of nitrogens with one attached hydrogen (secondary N) is 2. The zero-order chi connectivity index (χ0) is 18.1. The highest BCUT2D eigenvalue weighted by Crippen LogP contribution is 2.36. The van der Waals surface area contributed by atoms with Gasteiger partial charge in [-0.15, -0.1) is 0 Å². The first kappa shape index (κ1) is 17.9. The molecule has 0 aliphatic carbocycles. The number of urea groups is 1. The summed E-state index contributed by atoms with van der Waals surface area (Å²) in [5.41, 5.74) is 0.855. The molecule has 0 bridgehead atoms. The fraction of sp³-hybridized carbons (Fsp3) is 0.222. The van der Waals surface area contributed by atoms with Gasteiger partial charge in [-0.2, -0.15) is 5.26 Å². The maximum atomic E-state index is 11.9. The van der Waals surface area contributed by atoms with Crippen molar-refractivity contribution < 1.29 is 19.0 Å². The van der Waals surface area contributed by atoms with E-state index in [1.165, 1.54) is 7.11 Å². The first-order valence-corrected chi connectivity index (χ1v) is 7.57. The lowest BCUT2D eigenvalue weighted by atomic mass is 10.2. The van der Waals surface area contributed by atoms with E-state index in [0.29, 0.717) is 28.5 Å². The third-order valence-corrected chi connectivity index (χ3v) is 3.31. The van der Waals surface area contributed by atoms with Crippen molar-refractivity contribution in [2.24, 2.45) is 0 Å². The quantitative estimate of drug-likeness (QED) is 0.756. The second-order valence-electron chi connectivity index (χ2n) is 4.88. The average molecular weight is 341 g/mol. The lowest BCUT2D eigenvalue weighted by molar-refractivity contribution is 0.245. The van der Waals surface area contributed by atoms with Crippen LogP contribution >= 0.6 is 0 Å². The SMILES string of the molecule is COc1cccc(OCCNC(=O)Nc2ccccc2C#N)c1OC. The van der Waals surface area contributed by atoms with Crippen molar-refractivity contribution in [3.8, 4) is 23.3 Å². The number of carbonyl (C=O) groups excluding carboxylic acids is 1. The van der Waals surface area contributed by atoms with Crippen LogP contribution in [0, 0.1) is 11.3 Å². The zero-order valence-electron chi connectivity index (χ0n) is 14.0. The molecule has 2 aromatic rings. The van der Waals surface area contributed by atoms with E-state index in [1.807, 2.05) is 6.07 Å². The Bertz CT molecular complexity index is 771. The minimum Gasteiger partial charge on any atom is -0.493 e. The Morgan fingerprint density at radius 3 is 2.56 bits per heavy atom. The fourth-order valence-corrected chi connectivity index (χ4v) is 2.15. The Morgan fingerprint density at radius 2 is 1.84 bits per heavy atom. The number of hydrogen-bond donors (Lipinski definition) is 2. The number of methoxy groups -OCH3 is 2. The molecule has 0 aromatic heterocycles. The summed E-state index contributed by atoms with van der Waals surface area (Å²) >= 11 is 0. The molecule has 2 rings (SSSR count). The third kappa shape index (κ3) is 4.78. The maximum absolute atomic E-state index is 11.9. The molecule has 25 heavy (non-hydrogen) atoms. The molecule has 0 heterocycles. The number of benzene rings is 2. The average Bonchev–Trinajstić information content (AvgIpc) is 2.65. The van der Waals surface area contributed by atoms with Crippen LogP contribution in [0.3, 0.4) is 0 Å². The lowest BCUT2D eigenvalue weighted by Crippen LogP contribution is -2.32. The molecule has 0 spiro atoms. The van der Waals surface area contributed by atoms with Gasteiger partial charge in [-0.25, -0.2) is 4.79 Å². The second-order valence-corrected chi connectivity index (χ2v) is 4.88. The molecule has 130 valence electrons. The maximum Gasteiger partial charge on any atom is 0.319 e. The lowest BCUT2D eigenvalue weighted by Gasteiger charge is -2.14. The summed E-state index contributed by atoms with van der Waals surface area (Å²) < 4.78 is 16.1. The van der Waals surface area contributed by atoms with Crippen molar-refractivity contribution in [3.63, 3.8) is 0 Å². The Morgan fingerprint density at radius 1 is 1.08 bits per heavy atom. The summed E-state index contributed by atoms with van der Waals surface area (Å²) in [5, 5.41) is 14.3. The second kappa shape index (κ2) is 9.03. The van der Waals surface area contributed by atoms with E-state index < -0.39 is 6.03 Å². The molecular formula is C18H19N3O4. The van der Waals surface area contributed by atoms with Gasteiger partial charge in [-0.1, -0.05) is 18.2 Å². The van der Waals surface area contributed by atoms with Crippen molar-refractivity contribution in [3.05, 3.63) is 48.0 Å². The van der Waals surface area contributed by atoms with Gasteiger partial charge in [0.15, 0.2) is 11.5 Å². The normalized spacial score (nSPS) is 9.64. The zero-order valence-corrected chi connectivity index (χ0v) is 14.0. The van der Waals surface area contributed by atoms with Gasteiger partial charge in [-0.05, 0) is 24.3 Å². The van der Waals surface area contributed by atoms with Crippen molar-refractivity contribution >= 4 is 11.7 Å². The predicted octanol–water partition coefficient (Wildman–Crippen LogP) is 2.78. The number of carbonyl (C=O) groups is 1. The van der Waals surface area contributed by atoms with Crippen molar-refractivity contribution in [1.82, 2.24) is 5.32 Å². The molecule has 0 saturated carbocycles. The van der Waals surface area contributed by atoms with Gasteiger partial charge < -0.3 is 24.8 Å². The van der Waals surface area contributed by atoms with Gasteiger partial charge in [0, 0.05) is 0 Å². The highest BCUT2D eigenvalue weighted by atomic mass is 16.5. The molecule has 2 amide bonds. The van der Waals surface area contributed by atoms with E-state index in [1.54, 1.807) is 49.6 Å². The smallest absolute Gasteiger partial charge is 0.319 e. The molecule has 7 nitrogen and oxygen atoms in total. The third-order valence-electron chi connectivity index (χ3n) is 3.31. The van der Waals surface area contributed by atoms with Crippen LogP contribution in [0.5, 0.6) is 17.2 Å². The van der Waals surface area contributed by atoms with Crippen molar-refractivity contribution in [1.29, 1.82) is 5.26 Å². The van der Waals surface area contributed by atoms with Crippen molar-refractivity contribution in [2.45, 2.75) is 0 Å². The molecule has 0 aliphatic heterocycles. The van der Waals surface area contributed by atoms with Gasteiger partial charge in [0.1, 0.15) is 12.7 Å². The molecular weight excluding hydrogens is 322 g/mol. The van der Waals surface area contributed by atoms with E-state index in [-0.39, 0.29) is 13.2 Å². The molecule has 0 aliphatic rings. The van der Waals surface area contributed by atoms with Crippen LogP contribution in [0.2, 0.25) is 0 Å². The molecule has 2 aromatic carbocycles. The minimum atomic E-state index is -0.413. The minimum absolute atomic E-state index is 0.247. The molecule has 7 heteroatoms. The van der Waals surface area contributed by atoms with Crippen LogP contribution in [0.4, 0.5) is 10.5 Å². The van der Waals surface area contributed by atoms with Crippen molar-refractivity contribution in [2.75, 3.05) is 32.7 Å². The van der Waals surface area contributed by atoms with E-state index in [9.17, 15) is 4.79 Å². The molecule has 0 atom stereocenters. The first-order chi connectivity index (χ1) is 12.2. The van der Waals surface area contributed by atoms with E-state index in [0.717, 1.165) is 0 Å². The van der Waals surface area contributed by atoms with Crippen LogP contribution in [0.15, 0.2) is 42.5 Å². The number of nitriles is 1. The number of para-hydroxylation sites is 2. The summed E-state index contributed by atoms with van der Waals surface area (Å²) in [4.78, 5) is 11.9. The Balaban J connectivity index is 1.84. The van der Waals surface area contributed by atoms with Crippen LogP contribution in [-0.4, -0.2) is 33.4 Å². The summed E-state index contributed by atoms with van der Waals surface area (Å²) in [6.45, 7) is 0.526. The van der Waals surface area contributed by atoms with Crippen LogP contribution in [-0.2, 0) is 0 Å². The van der Waals surface area contributed by atoms with E-state index in [2.05, 4.69) is 10.6 Å². The number of hydrogen-bond acceptors (Lipinski definition) is 5. The van der Waals surface area contributed by atoms with Gasteiger partial charge in [-0.3, -0.25) is 0 Å². The Hall–Kier alpha value is -3.40. The van der Waals surface area contributed by atoms with Gasteiger partial charge in [0.05, 0.1) is 32.0 Å². The van der Waals surface area contributed by atoms with Crippen LogP contribution in [0.25, 0.3) is 0 Å². The number of rotatable bonds is 7. The van der Waals surface area contributed by atoms with E-state index in [4.69, 9.17) is 19.5 Å². The van der Waals surface area contributed by atoms with Gasteiger partial charge in [0.2, 0.25) is 5.75 Å². The highest BCUT2D eigenvalue weighted by Gasteiger charge is 2.10. The number of nitrogens with zero attached hydrogens (tertiary/aromatic N) is 1. The first-order valence-electron chi connectivity index (χ1n) is 7.57.